The summed E-state index contributed by atoms with van der Waals surface area (Å²) in [5, 5.41) is 29.4. The molecule has 20 heavy (non-hydrogen) atoms. The van der Waals surface area contributed by atoms with Gasteiger partial charge in [0, 0.05) is 25.0 Å². The monoisotopic (exact) mass is 298 g/mol. The van der Waals surface area contributed by atoms with Gasteiger partial charge in [-0.1, -0.05) is 11.6 Å². The molecule has 0 radical (unpaired) electrons. The molecular formula is C12H15ClN4O3. The first-order valence-corrected chi connectivity index (χ1v) is 6.78. The summed E-state index contributed by atoms with van der Waals surface area (Å²) in [5.74, 6) is -0.416. The Balaban J connectivity index is 2.07. The molecule has 1 aliphatic carbocycles. The molecule has 2 aromatic rings. The number of aromatic nitrogens is 4. The lowest BCUT2D eigenvalue weighted by Gasteiger charge is -2.23. The molecule has 0 aliphatic heterocycles. The predicted octanol–water partition coefficient (Wildman–Crippen LogP) is 0.00240. The van der Waals surface area contributed by atoms with Gasteiger partial charge in [0.05, 0.1) is 18.5 Å². The van der Waals surface area contributed by atoms with Crippen LogP contribution in [0.4, 0.5) is 0 Å². The maximum Gasteiger partial charge on any atom is 0.165 e. The zero-order valence-electron chi connectivity index (χ0n) is 10.6. The van der Waals surface area contributed by atoms with Crippen molar-refractivity contribution in [2.75, 3.05) is 13.2 Å². The Hall–Kier alpha value is -1.28. The highest BCUT2D eigenvalue weighted by molar-refractivity contribution is 6.33. The molecule has 0 aromatic carbocycles. The lowest BCUT2D eigenvalue weighted by Crippen LogP contribution is -2.28. The molecule has 2 heterocycles. The first-order valence-electron chi connectivity index (χ1n) is 6.40. The van der Waals surface area contributed by atoms with E-state index in [-0.39, 0.29) is 36.2 Å². The Labute approximate surface area is 119 Å². The molecule has 108 valence electrons. The number of aliphatic hydroxyl groups is 3. The van der Waals surface area contributed by atoms with Gasteiger partial charge < -0.3 is 19.9 Å². The number of imidazole rings is 1. The van der Waals surface area contributed by atoms with Crippen molar-refractivity contribution in [3.63, 3.8) is 0 Å². The molecule has 4 atom stereocenters. The third-order valence-electron chi connectivity index (χ3n) is 4.03. The van der Waals surface area contributed by atoms with Gasteiger partial charge >= 0.3 is 0 Å². The topological polar surface area (TPSA) is 104 Å². The van der Waals surface area contributed by atoms with Crippen LogP contribution in [0.3, 0.4) is 0 Å². The van der Waals surface area contributed by atoms with E-state index < -0.39 is 6.10 Å². The lowest BCUT2D eigenvalue weighted by atomic mass is 10.0. The summed E-state index contributed by atoms with van der Waals surface area (Å²) >= 11 is 5.96. The van der Waals surface area contributed by atoms with Crippen molar-refractivity contribution in [3.8, 4) is 0 Å². The number of hydrogen-bond acceptors (Lipinski definition) is 6. The molecule has 0 spiro atoms. The van der Waals surface area contributed by atoms with Crippen LogP contribution in [0.5, 0.6) is 0 Å². The van der Waals surface area contributed by atoms with Crippen LogP contribution >= 0.6 is 11.6 Å². The smallest absolute Gasteiger partial charge is 0.165 e. The predicted molar refractivity (Wildman–Crippen MR) is 71.1 cm³/mol. The average molecular weight is 299 g/mol. The van der Waals surface area contributed by atoms with Crippen LogP contribution in [0.1, 0.15) is 12.5 Å². The Morgan fingerprint density at radius 2 is 1.95 bits per heavy atom. The van der Waals surface area contributed by atoms with Crippen LogP contribution in [-0.2, 0) is 0 Å². The van der Waals surface area contributed by atoms with E-state index in [9.17, 15) is 15.3 Å². The Morgan fingerprint density at radius 3 is 2.65 bits per heavy atom. The number of hydrogen-bond donors (Lipinski definition) is 3. The van der Waals surface area contributed by atoms with Gasteiger partial charge in [-0.05, 0) is 6.42 Å². The van der Waals surface area contributed by atoms with Crippen LogP contribution < -0.4 is 0 Å². The van der Waals surface area contributed by atoms with Gasteiger partial charge in [-0.3, -0.25) is 0 Å². The maximum atomic E-state index is 10.4. The second-order valence-corrected chi connectivity index (χ2v) is 5.45. The third-order valence-corrected chi connectivity index (χ3v) is 4.30. The van der Waals surface area contributed by atoms with Crippen molar-refractivity contribution < 1.29 is 15.3 Å². The highest BCUT2D eigenvalue weighted by atomic mass is 35.5. The highest BCUT2D eigenvalue weighted by Gasteiger charge is 2.43. The fourth-order valence-electron chi connectivity index (χ4n) is 3.02. The SMILES string of the molecule is OC[C@H]1C[C@H](CO)[C@H](n2cnc3c(Cl)ncnc32)[C@H]1O. The maximum absolute atomic E-state index is 10.4. The van der Waals surface area contributed by atoms with Crippen molar-refractivity contribution in [2.24, 2.45) is 11.8 Å². The first kappa shape index (κ1) is 13.7. The molecule has 3 N–H and O–H groups in total. The number of fused-ring (bicyclic) bond motifs is 1. The van der Waals surface area contributed by atoms with Crippen LogP contribution in [0.15, 0.2) is 12.7 Å². The Bertz CT molecular complexity index is 618. The molecule has 1 saturated carbocycles. The average Bonchev–Trinajstić information content (AvgIpc) is 3.00. The van der Waals surface area contributed by atoms with E-state index in [1.54, 1.807) is 10.9 Å². The van der Waals surface area contributed by atoms with Crippen LogP contribution in [-0.4, -0.2) is 54.2 Å². The quantitative estimate of drug-likeness (QED) is 0.689. The van der Waals surface area contributed by atoms with E-state index in [1.165, 1.54) is 6.33 Å². The summed E-state index contributed by atoms with van der Waals surface area (Å²) in [7, 11) is 0. The van der Waals surface area contributed by atoms with Crippen LogP contribution in [0, 0.1) is 11.8 Å². The number of nitrogens with zero attached hydrogens (tertiary/aromatic N) is 4. The molecule has 3 rings (SSSR count). The number of aliphatic hydroxyl groups excluding tert-OH is 3. The fourth-order valence-corrected chi connectivity index (χ4v) is 3.20. The summed E-state index contributed by atoms with van der Waals surface area (Å²) in [4.78, 5) is 12.2. The summed E-state index contributed by atoms with van der Waals surface area (Å²) in [6.07, 6.45) is 2.67. The molecule has 2 aromatic heterocycles. The van der Waals surface area contributed by atoms with Gasteiger partial charge in [0.1, 0.15) is 11.8 Å². The molecule has 0 saturated heterocycles. The van der Waals surface area contributed by atoms with Gasteiger partial charge in [-0.15, -0.1) is 0 Å². The largest absolute Gasteiger partial charge is 0.396 e. The van der Waals surface area contributed by atoms with Crippen LogP contribution in [0.25, 0.3) is 11.2 Å². The van der Waals surface area contributed by atoms with E-state index in [0.717, 1.165) is 0 Å². The molecular weight excluding hydrogens is 284 g/mol. The Kier molecular flexibility index (Phi) is 3.59. The van der Waals surface area contributed by atoms with E-state index in [0.29, 0.717) is 17.6 Å². The van der Waals surface area contributed by atoms with Crippen molar-refractivity contribution in [1.29, 1.82) is 0 Å². The zero-order chi connectivity index (χ0) is 14.3. The van der Waals surface area contributed by atoms with Crippen molar-refractivity contribution >= 4 is 22.8 Å². The van der Waals surface area contributed by atoms with Gasteiger partial charge in [0.2, 0.25) is 0 Å². The van der Waals surface area contributed by atoms with Gasteiger partial charge in [0.25, 0.3) is 0 Å². The number of rotatable bonds is 3. The normalized spacial score (nSPS) is 30.2. The first-order chi connectivity index (χ1) is 9.67. The van der Waals surface area contributed by atoms with Crippen molar-refractivity contribution in [1.82, 2.24) is 19.5 Å². The van der Waals surface area contributed by atoms with Crippen LogP contribution in [0.2, 0.25) is 5.15 Å². The Morgan fingerprint density at radius 1 is 1.20 bits per heavy atom. The summed E-state index contributed by atoms with van der Waals surface area (Å²) in [6, 6.07) is -0.381. The van der Waals surface area contributed by atoms with Gasteiger partial charge in [-0.25, -0.2) is 15.0 Å². The zero-order valence-corrected chi connectivity index (χ0v) is 11.3. The third kappa shape index (κ3) is 1.98. The minimum Gasteiger partial charge on any atom is -0.396 e. The van der Waals surface area contributed by atoms with E-state index in [2.05, 4.69) is 15.0 Å². The molecule has 0 bridgehead atoms. The summed E-state index contributed by atoms with van der Waals surface area (Å²) in [6.45, 7) is -0.187. The molecule has 7 nitrogen and oxygen atoms in total. The molecule has 0 amide bonds. The van der Waals surface area contributed by atoms with Crippen molar-refractivity contribution in [2.45, 2.75) is 18.6 Å². The summed E-state index contributed by atoms with van der Waals surface area (Å²) in [5.41, 5.74) is 0.983. The number of halogens is 1. The minimum atomic E-state index is -0.761. The van der Waals surface area contributed by atoms with E-state index in [1.807, 2.05) is 0 Å². The second-order valence-electron chi connectivity index (χ2n) is 5.09. The fraction of sp³-hybridized carbons (Fsp3) is 0.583. The molecule has 0 unspecified atom stereocenters. The minimum absolute atomic E-state index is 0.0727. The van der Waals surface area contributed by atoms with Crippen molar-refractivity contribution in [3.05, 3.63) is 17.8 Å². The standard InChI is InChI=1S/C12H15ClN4O3/c13-11-8-12(15-4-14-11)17(5-16-8)9-6(2-18)1-7(3-19)10(9)20/h4-7,9-10,18-20H,1-3H2/t6-,7-,9+,10+/m1/s1. The van der Waals surface area contributed by atoms with Gasteiger partial charge in [-0.2, -0.15) is 0 Å². The van der Waals surface area contributed by atoms with E-state index in [4.69, 9.17) is 11.6 Å². The molecule has 1 aliphatic rings. The lowest BCUT2D eigenvalue weighted by molar-refractivity contribution is 0.0581. The second kappa shape index (κ2) is 5.25. The van der Waals surface area contributed by atoms with E-state index >= 15 is 0 Å². The van der Waals surface area contributed by atoms with Gasteiger partial charge in [0.15, 0.2) is 10.8 Å². The summed E-state index contributed by atoms with van der Waals surface area (Å²) < 4.78 is 1.71. The molecule has 1 fully saturated rings. The molecule has 8 heteroatoms. The highest BCUT2D eigenvalue weighted by Crippen LogP contribution is 2.41.